The highest BCUT2D eigenvalue weighted by Gasteiger charge is 2.29. The monoisotopic (exact) mass is 910 g/mol. The van der Waals surface area contributed by atoms with Crippen LogP contribution in [0.3, 0.4) is 0 Å². The highest BCUT2D eigenvalue weighted by atomic mass is 16.6. The van der Waals surface area contributed by atoms with Gasteiger partial charge in [0.15, 0.2) is 0 Å². The van der Waals surface area contributed by atoms with Gasteiger partial charge in [-0.2, -0.15) is 0 Å². The standard InChI is InChI=1S/C48H79NO15/c1-3-4-5-10-16-51-18-20-53-22-24-55-26-28-57-30-32-59-34-36-61-38-40-63-41-39-62-37-35-60-33-31-58-29-27-56-25-23-54-21-19-52-17-15-49(2)48(50)64-42-47-45-13-8-6-11-43(45)44-12-7-9-14-46(44)47/h6-9,11-14,47H,3-5,10,15-42H2,1-2H3. The molecule has 3 rings (SSSR count). The summed E-state index contributed by atoms with van der Waals surface area (Å²) < 4.78 is 77.6. The number of fused-ring (bicyclic) bond motifs is 3. The number of amides is 1. The molecule has 1 aliphatic rings. The lowest BCUT2D eigenvalue weighted by Crippen LogP contribution is -2.32. The quantitative estimate of drug-likeness (QED) is 0.0752. The van der Waals surface area contributed by atoms with E-state index in [1.165, 1.54) is 46.4 Å². The van der Waals surface area contributed by atoms with Crippen molar-refractivity contribution in [1.29, 1.82) is 0 Å². The Morgan fingerprint density at radius 3 is 1.03 bits per heavy atom. The maximum absolute atomic E-state index is 12.6. The lowest BCUT2D eigenvalue weighted by molar-refractivity contribution is -0.0291. The first-order valence-corrected chi connectivity index (χ1v) is 23.3. The fourth-order valence-electron chi connectivity index (χ4n) is 6.37. The Balaban J connectivity index is 0.923. The number of nitrogens with zero attached hydrogens (tertiary/aromatic N) is 1. The fraction of sp³-hybridized carbons (Fsp3) is 0.729. The zero-order valence-corrected chi connectivity index (χ0v) is 38.9. The summed E-state index contributed by atoms with van der Waals surface area (Å²) in [5, 5.41) is 0. The molecule has 0 saturated carbocycles. The second-order valence-corrected chi connectivity index (χ2v) is 14.7. The first-order valence-electron chi connectivity index (χ1n) is 23.3. The van der Waals surface area contributed by atoms with E-state index >= 15 is 0 Å². The van der Waals surface area contributed by atoms with Crippen molar-refractivity contribution in [2.24, 2.45) is 0 Å². The van der Waals surface area contributed by atoms with Crippen LogP contribution in [0.4, 0.5) is 4.79 Å². The Hall–Kier alpha value is -2.81. The van der Waals surface area contributed by atoms with Gasteiger partial charge in [0, 0.05) is 26.1 Å². The van der Waals surface area contributed by atoms with Crippen molar-refractivity contribution in [2.75, 3.05) is 192 Å². The Morgan fingerprint density at radius 2 is 0.703 bits per heavy atom. The number of rotatable bonds is 46. The van der Waals surface area contributed by atoms with Crippen molar-refractivity contribution in [3.63, 3.8) is 0 Å². The second kappa shape index (κ2) is 40.5. The van der Waals surface area contributed by atoms with E-state index in [2.05, 4.69) is 31.2 Å². The van der Waals surface area contributed by atoms with Gasteiger partial charge >= 0.3 is 6.09 Å². The van der Waals surface area contributed by atoms with Crippen molar-refractivity contribution < 1.29 is 71.1 Å². The normalized spacial score (nSPS) is 12.2. The Kier molecular flexibility index (Phi) is 35.1. The molecule has 16 nitrogen and oxygen atoms in total. The summed E-state index contributed by atoms with van der Waals surface area (Å²) in [6.45, 7) is 16.3. The zero-order chi connectivity index (χ0) is 45.2. The van der Waals surface area contributed by atoms with Gasteiger partial charge in [0.2, 0.25) is 0 Å². The van der Waals surface area contributed by atoms with Gasteiger partial charge in [-0.05, 0) is 28.7 Å². The van der Waals surface area contributed by atoms with Crippen LogP contribution >= 0.6 is 0 Å². The van der Waals surface area contributed by atoms with Gasteiger partial charge in [-0.25, -0.2) is 4.79 Å². The summed E-state index contributed by atoms with van der Waals surface area (Å²) in [6.07, 6.45) is 4.51. The maximum Gasteiger partial charge on any atom is 0.409 e. The van der Waals surface area contributed by atoms with Gasteiger partial charge in [-0.15, -0.1) is 0 Å². The average Bonchev–Trinajstić information content (AvgIpc) is 3.64. The third kappa shape index (κ3) is 27.6. The summed E-state index contributed by atoms with van der Waals surface area (Å²) in [5.74, 6) is 0.0360. The number of carbonyl (C=O) groups excluding carboxylic acids is 1. The predicted octanol–water partition coefficient (Wildman–Crippen LogP) is 5.66. The lowest BCUT2D eigenvalue weighted by atomic mass is 9.98. The Labute approximate surface area is 382 Å². The number of hydrogen-bond acceptors (Lipinski definition) is 15. The van der Waals surface area contributed by atoms with Crippen LogP contribution in [0.15, 0.2) is 48.5 Å². The van der Waals surface area contributed by atoms with E-state index in [9.17, 15) is 4.79 Å². The van der Waals surface area contributed by atoms with Crippen LogP contribution in [0.25, 0.3) is 11.1 Å². The number of benzene rings is 2. The number of likely N-dealkylation sites (N-methyl/N-ethyl adjacent to an activating group) is 1. The largest absolute Gasteiger partial charge is 0.448 e. The predicted molar refractivity (Wildman–Crippen MR) is 242 cm³/mol. The van der Waals surface area contributed by atoms with Gasteiger partial charge in [0.25, 0.3) is 0 Å². The SMILES string of the molecule is CCCCCCOCCOCCOCCOCCOCCOCCOCCOCCOCCOCCOCCOCCOCCN(C)C(=O)OCC1c2ccccc2-c2ccccc21. The third-order valence-electron chi connectivity index (χ3n) is 9.83. The molecule has 1 amide bonds. The van der Waals surface area contributed by atoms with Gasteiger partial charge in [0.1, 0.15) is 6.61 Å². The minimum Gasteiger partial charge on any atom is -0.448 e. The van der Waals surface area contributed by atoms with E-state index in [-0.39, 0.29) is 12.0 Å². The van der Waals surface area contributed by atoms with Crippen LogP contribution < -0.4 is 0 Å². The van der Waals surface area contributed by atoms with Gasteiger partial charge < -0.3 is 71.2 Å². The smallest absolute Gasteiger partial charge is 0.409 e. The fourth-order valence-corrected chi connectivity index (χ4v) is 6.37. The first-order chi connectivity index (χ1) is 31.7. The van der Waals surface area contributed by atoms with E-state index in [1.807, 2.05) is 24.3 Å². The number of unbranched alkanes of at least 4 members (excludes halogenated alkanes) is 3. The van der Waals surface area contributed by atoms with Crippen molar-refractivity contribution in [1.82, 2.24) is 4.90 Å². The molecule has 1 aliphatic carbocycles. The number of carbonyl (C=O) groups is 1. The summed E-state index contributed by atoms with van der Waals surface area (Å²) >= 11 is 0. The van der Waals surface area contributed by atoms with Gasteiger partial charge in [-0.1, -0.05) is 74.7 Å². The molecule has 2 aromatic rings. The molecular formula is C48H79NO15. The average molecular weight is 910 g/mol. The van der Waals surface area contributed by atoms with E-state index in [0.29, 0.717) is 178 Å². The third-order valence-corrected chi connectivity index (χ3v) is 9.83. The van der Waals surface area contributed by atoms with Crippen LogP contribution in [0, 0.1) is 0 Å². The first kappa shape index (κ1) is 55.5. The summed E-state index contributed by atoms with van der Waals surface area (Å²) in [4.78, 5) is 14.2. The van der Waals surface area contributed by atoms with Crippen LogP contribution in [-0.2, 0) is 66.3 Å². The van der Waals surface area contributed by atoms with E-state index in [4.69, 9.17) is 66.3 Å². The molecular weight excluding hydrogens is 831 g/mol. The summed E-state index contributed by atoms with van der Waals surface area (Å²) in [6, 6.07) is 16.6. The van der Waals surface area contributed by atoms with Crippen LogP contribution in [-0.4, -0.2) is 203 Å². The van der Waals surface area contributed by atoms with Crippen molar-refractivity contribution in [3.8, 4) is 11.1 Å². The molecule has 0 unspecified atom stereocenters. The molecule has 0 spiro atoms. The van der Waals surface area contributed by atoms with Crippen molar-refractivity contribution >= 4 is 6.09 Å². The lowest BCUT2D eigenvalue weighted by Gasteiger charge is -2.19. The van der Waals surface area contributed by atoms with E-state index in [1.54, 1.807) is 7.05 Å². The highest BCUT2D eigenvalue weighted by molar-refractivity contribution is 5.79. The van der Waals surface area contributed by atoms with Crippen LogP contribution in [0.2, 0.25) is 0 Å². The Morgan fingerprint density at radius 1 is 0.406 bits per heavy atom. The van der Waals surface area contributed by atoms with Crippen LogP contribution in [0.5, 0.6) is 0 Å². The molecule has 0 atom stereocenters. The van der Waals surface area contributed by atoms with E-state index < -0.39 is 0 Å². The highest BCUT2D eigenvalue weighted by Crippen LogP contribution is 2.44. The maximum atomic E-state index is 12.6. The van der Waals surface area contributed by atoms with Crippen LogP contribution in [0.1, 0.15) is 49.7 Å². The van der Waals surface area contributed by atoms with E-state index in [0.717, 1.165) is 13.0 Å². The molecule has 0 heterocycles. The molecule has 2 aromatic carbocycles. The molecule has 0 N–H and O–H groups in total. The molecule has 16 heteroatoms. The second-order valence-electron chi connectivity index (χ2n) is 14.7. The molecule has 0 saturated heterocycles. The van der Waals surface area contributed by atoms with Crippen molar-refractivity contribution in [3.05, 3.63) is 59.7 Å². The molecule has 0 aliphatic heterocycles. The molecule has 0 radical (unpaired) electrons. The van der Waals surface area contributed by atoms with Crippen molar-refractivity contribution in [2.45, 2.75) is 38.5 Å². The molecule has 366 valence electrons. The topological polar surface area (TPSA) is 150 Å². The minimum absolute atomic E-state index is 0.0360. The summed E-state index contributed by atoms with van der Waals surface area (Å²) in [5.41, 5.74) is 4.79. The molecule has 0 fully saturated rings. The number of hydrogen-bond donors (Lipinski definition) is 0. The minimum atomic E-state index is -0.365. The van der Waals surface area contributed by atoms with Gasteiger partial charge in [-0.3, -0.25) is 0 Å². The van der Waals surface area contributed by atoms with Gasteiger partial charge in [0.05, 0.1) is 165 Å². The number of ether oxygens (including phenoxy) is 14. The zero-order valence-electron chi connectivity index (χ0n) is 38.9. The Bertz CT molecular complexity index is 1330. The summed E-state index contributed by atoms with van der Waals surface area (Å²) in [7, 11) is 1.71. The molecule has 64 heavy (non-hydrogen) atoms. The molecule has 0 bridgehead atoms. The molecule has 0 aromatic heterocycles.